The molecule has 0 radical (unpaired) electrons. The predicted molar refractivity (Wildman–Crippen MR) is 101 cm³/mol. The van der Waals surface area contributed by atoms with Crippen molar-refractivity contribution in [2.75, 3.05) is 18.1 Å². The Morgan fingerprint density at radius 3 is 2.36 bits per heavy atom. The SMILES string of the molecule is NCCSCC1CCC2(CC1)CCC(Cc1ccsc1)CC2. The zero-order valence-corrected chi connectivity index (χ0v) is 15.4. The fraction of sp³-hybridized carbons (Fsp3) is 0.789. The molecule has 2 saturated carbocycles. The number of thiophene rings is 1. The minimum Gasteiger partial charge on any atom is -0.330 e. The molecule has 124 valence electrons. The third-order valence-electron chi connectivity index (χ3n) is 6.05. The van der Waals surface area contributed by atoms with E-state index in [9.17, 15) is 0 Å². The molecule has 0 bridgehead atoms. The van der Waals surface area contributed by atoms with E-state index in [0.29, 0.717) is 0 Å². The topological polar surface area (TPSA) is 26.0 Å². The van der Waals surface area contributed by atoms with Crippen molar-refractivity contribution in [3.05, 3.63) is 22.4 Å². The highest BCUT2D eigenvalue weighted by atomic mass is 32.2. The average molecular weight is 338 g/mol. The Morgan fingerprint density at radius 1 is 1.09 bits per heavy atom. The molecule has 0 unspecified atom stereocenters. The summed E-state index contributed by atoms with van der Waals surface area (Å²) < 4.78 is 0. The summed E-state index contributed by atoms with van der Waals surface area (Å²) in [6.45, 7) is 0.840. The Morgan fingerprint density at radius 2 is 1.77 bits per heavy atom. The van der Waals surface area contributed by atoms with Gasteiger partial charge in [0.2, 0.25) is 0 Å². The molecule has 0 aromatic carbocycles. The Labute approximate surface area is 144 Å². The first-order valence-electron chi connectivity index (χ1n) is 9.08. The van der Waals surface area contributed by atoms with Gasteiger partial charge in [0.25, 0.3) is 0 Å². The minimum atomic E-state index is 0.736. The van der Waals surface area contributed by atoms with Gasteiger partial charge in [-0.15, -0.1) is 0 Å². The summed E-state index contributed by atoms with van der Waals surface area (Å²) in [5.41, 5.74) is 7.91. The maximum Gasteiger partial charge on any atom is 0.00559 e. The third-order valence-corrected chi connectivity index (χ3v) is 8.02. The van der Waals surface area contributed by atoms with Crippen LogP contribution in [0.5, 0.6) is 0 Å². The molecule has 1 aromatic rings. The first-order valence-corrected chi connectivity index (χ1v) is 11.2. The van der Waals surface area contributed by atoms with Crippen molar-refractivity contribution in [3.8, 4) is 0 Å². The second-order valence-electron chi connectivity index (χ2n) is 7.59. The van der Waals surface area contributed by atoms with Gasteiger partial charge in [-0.25, -0.2) is 0 Å². The van der Waals surface area contributed by atoms with Crippen LogP contribution in [0.15, 0.2) is 16.8 Å². The Bertz CT molecular complexity index is 411. The number of hydrogen-bond donors (Lipinski definition) is 1. The quantitative estimate of drug-likeness (QED) is 0.708. The number of hydrogen-bond acceptors (Lipinski definition) is 3. The molecule has 1 aromatic heterocycles. The van der Waals surface area contributed by atoms with E-state index in [1.807, 2.05) is 11.3 Å². The Balaban J connectivity index is 1.40. The van der Waals surface area contributed by atoms with E-state index >= 15 is 0 Å². The van der Waals surface area contributed by atoms with Crippen LogP contribution in [0.25, 0.3) is 0 Å². The summed E-state index contributed by atoms with van der Waals surface area (Å²) in [6, 6.07) is 2.32. The van der Waals surface area contributed by atoms with E-state index in [0.717, 1.165) is 29.5 Å². The lowest BCUT2D eigenvalue weighted by Gasteiger charge is -2.45. The highest BCUT2D eigenvalue weighted by Crippen LogP contribution is 2.50. The highest BCUT2D eigenvalue weighted by molar-refractivity contribution is 7.99. The van der Waals surface area contributed by atoms with Crippen LogP contribution < -0.4 is 5.73 Å². The summed E-state index contributed by atoms with van der Waals surface area (Å²) >= 11 is 3.92. The third kappa shape index (κ3) is 4.52. The zero-order valence-electron chi connectivity index (χ0n) is 13.8. The smallest absolute Gasteiger partial charge is 0.00559 e. The van der Waals surface area contributed by atoms with Gasteiger partial charge in [-0.1, -0.05) is 0 Å². The molecular formula is C19H31NS2. The molecule has 0 amide bonds. The first kappa shape index (κ1) is 16.9. The van der Waals surface area contributed by atoms with Crippen molar-refractivity contribution in [2.24, 2.45) is 23.0 Å². The van der Waals surface area contributed by atoms with Crippen molar-refractivity contribution in [3.63, 3.8) is 0 Å². The number of thioether (sulfide) groups is 1. The summed E-state index contributed by atoms with van der Waals surface area (Å²) in [5.74, 6) is 4.43. The lowest BCUT2D eigenvalue weighted by Crippen LogP contribution is -2.33. The molecule has 0 aliphatic heterocycles. The molecule has 2 fully saturated rings. The summed E-state index contributed by atoms with van der Waals surface area (Å²) in [7, 11) is 0. The van der Waals surface area contributed by atoms with Crippen molar-refractivity contribution >= 4 is 23.1 Å². The van der Waals surface area contributed by atoms with Gasteiger partial charge in [0.15, 0.2) is 0 Å². The zero-order chi connectivity index (χ0) is 15.3. The lowest BCUT2D eigenvalue weighted by molar-refractivity contribution is 0.0802. The number of nitrogens with two attached hydrogens (primary N) is 1. The minimum absolute atomic E-state index is 0.736. The van der Waals surface area contributed by atoms with E-state index in [1.165, 1.54) is 63.5 Å². The molecule has 2 aliphatic carbocycles. The Kier molecular flexibility index (Phi) is 6.29. The summed E-state index contributed by atoms with van der Waals surface area (Å²) in [5, 5.41) is 4.57. The van der Waals surface area contributed by atoms with Crippen LogP contribution in [-0.4, -0.2) is 18.1 Å². The molecule has 1 heterocycles. The average Bonchev–Trinajstić information content (AvgIpc) is 3.05. The van der Waals surface area contributed by atoms with Gasteiger partial charge in [0.05, 0.1) is 0 Å². The molecule has 1 spiro atoms. The van der Waals surface area contributed by atoms with Crippen LogP contribution in [0.4, 0.5) is 0 Å². The predicted octanol–water partition coefficient (Wildman–Crippen LogP) is 5.35. The van der Waals surface area contributed by atoms with Gasteiger partial charge in [0, 0.05) is 12.3 Å². The van der Waals surface area contributed by atoms with Crippen molar-refractivity contribution in [1.29, 1.82) is 0 Å². The fourth-order valence-corrected chi connectivity index (χ4v) is 6.21. The fourth-order valence-electron chi connectivity index (χ4n) is 4.53. The Hall–Kier alpha value is 0.01000. The summed E-state index contributed by atoms with van der Waals surface area (Å²) in [4.78, 5) is 0. The largest absolute Gasteiger partial charge is 0.330 e. The van der Waals surface area contributed by atoms with Crippen molar-refractivity contribution in [2.45, 2.75) is 57.8 Å². The maximum atomic E-state index is 5.60. The van der Waals surface area contributed by atoms with Crippen LogP contribution in [-0.2, 0) is 6.42 Å². The molecule has 0 atom stereocenters. The van der Waals surface area contributed by atoms with Crippen LogP contribution in [0.2, 0.25) is 0 Å². The summed E-state index contributed by atoms with van der Waals surface area (Å²) in [6.07, 6.45) is 13.3. The van der Waals surface area contributed by atoms with Gasteiger partial charge in [-0.2, -0.15) is 23.1 Å². The molecule has 2 N–H and O–H groups in total. The second kappa shape index (κ2) is 8.21. The monoisotopic (exact) mass is 337 g/mol. The maximum absolute atomic E-state index is 5.60. The van der Waals surface area contributed by atoms with Gasteiger partial charge >= 0.3 is 0 Å². The molecule has 1 nitrogen and oxygen atoms in total. The second-order valence-corrected chi connectivity index (χ2v) is 9.52. The van der Waals surface area contributed by atoms with Gasteiger partial charge in [-0.3, -0.25) is 0 Å². The van der Waals surface area contributed by atoms with Crippen LogP contribution in [0, 0.1) is 17.3 Å². The molecule has 3 heteroatoms. The van der Waals surface area contributed by atoms with Crippen LogP contribution >= 0.6 is 23.1 Å². The standard InChI is InChI=1S/C19H31NS2/c20-10-12-22-14-17-3-8-19(9-4-17)6-1-16(2-7-19)13-18-5-11-21-15-18/h5,11,15-17H,1-4,6-10,12-14,20H2. The van der Waals surface area contributed by atoms with Crippen molar-refractivity contribution < 1.29 is 0 Å². The molecule has 2 aliphatic rings. The molecule has 3 rings (SSSR count). The number of rotatable bonds is 6. The normalized spacial score (nSPS) is 32.4. The lowest BCUT2D eigenvalue weighted by atomic mass is 9.61. The molecule has 22 heavy (non-hydrogen) atoms. The molecule has 0 saturated heterocycles. The first-order chi connectivity index (χ1) is 10.8. The van der Waals surface area contributed by atoms with Gasteiger partial charge in [-0.05, 0) is 103 Å². The van der Waals surface area contributed by atoms with E-state index in [-0.39, 0.29) is 0 Å². The van der Waals surface area contributed by atoms with Crippen molar-refractivity contribution in [1.82, 2.24) is 0 Å². The van der Waals surface area contributed by atoms with Crippen LogP contribution in [0.3, 0.4) is 0 Å². The van der Waals surface area contributed by atoms with Gasteiger partial charge in [0.1, 0.15) is 0 Å². The van der Waals surface area contributed by atoms with Gasteiger partial charge < -0.3 is 5.73 Å². The van der Waals surface area contributed by atoms with E-state index in [2.05, 4.69) is 28.6 Å². The highest BCUT2D eigenvalue weighted by Gasteiger charge is 2.38. The van der Waals surface area contributed by atoms with E-state index in [1.54, 1.807) is 5.56 Å². The van der Waals surface area contributed by atoms with Crippen LogP contribution in [0.1, 0.15) is 56.9 Å². The van der Waals surface area contributed by atoms with E-state index < -0.39 is 0 Å². The van der Waals surface area contributed by atoms with E-state index in [4.69, 9.17) is 5.73 Å². The molecular weight excluding hydrogens is 306 g/mol.